The molecule has 2 radical (unpaired) electrons. The molecule has 0 N–H and O–H groups in total. The van der Waals surface area contributed by atoms with Crippen LogP contribution < -0.4 is 0 Å². The molecule has 0 aromatic heterocycles. The molecule has 0 heterocycles. The van der Waals surface area contributed by atoms with Crippen molar-refractivity contribution >= 4 is 99.9 Å². The second kappa shape index (κ2) is 27.7. The first-order valence-electron chi connectivity index (χ1n) is 18.3. The quantitative estimate of drug-likeness (QED) is 0.168. The fraction of sp³-hybridized carbons (Fsp3) is 0.897. The fourth-order valence-corrected chi connectivity index (χ4v) is 11.3. The van der Waals surface area contributed by atoms with Crippen LogP contribution in [0.25, 0.3) is 0 Å². The number of rotatable bonds is 0. The van der Waals surface area contributed by atoms with Crippen LogP contribution in [0.2, 0.25) is 0 Å². The van der Waals surface area contributed by atoms with Crippen molar-refractivity contribution < 1.29 is 79.8 Å². The average molecular weight is 1450 g/mol. The van der Waals surface area contributed by atoms with Gasteiger partial charge in [-0.2, -0.15) is 25.7 Å². The van der Waals surface area contributed by atoms with Crippen LogP contribution >= 0.6 is 99.9 Å². The van der Waals surface area contributed by atoms with Crippen LogP contribution in [-0.4, -0.2) is 0 Å². The van der Waals surface area contributed by atoms with Crippen molar-refractivity contribution in [2.75, 3.05) is 0 Å². The summed E-state index contributed by atoms with van der Waals surface area (Å²) in [6.07, 6.45) is 13.5. The predicted octanol–water partition coefficient (Wildman–Crippen LogP) is 16.1. The summed E-state index contributed by atoms with van der Waals surface area (Å²) in [5.41, 5.74) is 1.12. The molecule has 6 fully saturated rings. The van der Waals surface area contributed by atoms with Gasteiger partial charge < -0.3 is 27.7 Å². The zero-order valence-corrected chi connectivity index (χ0v) is 51.5. The minimum Gasteiger partial charge on any atom is 0 e. The van der Waals surface area contributed by atoms with Crippen LogP contribution in [0.15, 0.2) is 0 Å². The third kappa shape index (κ3) is 15.6. The Morgan fingerprint density at radius 3 is 1.19 bits per heavy atom. The second-order valence-corrected chi connectivity index (χ2v) is 63.9. The molecule has 6 rings (SSSR count). The molecule has 281 valence electrons. The van der Waals surface area contributed by atoms with Gasteiger partial charge in [-0.05, 0) is 96.7 Å². The Bertz CT molecular complexity index is 786. The van der Waals surface area contributed by atoms with Crippen LogP contribution in [-0.2, 0) is 79.8 Å². The van der Waals surface area contributed by atoms with Crippen molar-refractivity contribution in [2.24, 2.45) is 93.7 Å². The van der Waals surface area contributed by atoms with Crippen molar-refractivity contribution in [3.63, 3.8) is 0 Å². The molecule has 6 saturated carbocycles. The molecular weight excluding hydrogens is 1380 g/mol. The van der Waals surface area contributed by atoms with Crippen LogP contribution in [0.1, 0.15) is 127 Å². The smallest absolute Gasteiger partial charge is 0 e. The molecule has 0 spiro atoms. The van der Waals surface area contributed by atoms with E-state index in [9.17, 15) is 0 Å². The first-order chi connectivity index (χ1) is 21.5. The second-order valence-electron chi connectivity index (χ2n) is 16.8. The standard InChI is InChI=1S/C20H35.C15H25.2C2H5.5HI.2V.2Y/c1-12-13(2)15-10-17-18(11-16(15)14(12)3)20(6,7)9-8-19(17,4)5;1-9-10(2)14-7-12-5-4-6-13(12)8-15(14)11(9)3;2*1-2;;;;;;;;;/h12-18H,2,8-11H2,1,3-7H3;9-15H,2,4-8H2,1,3H3;2*1H2,2H3;5*1H;;;;/q4*-1;;;;;;+2;+3;;/p-5. The molecule has 6 aliphatic rings. The Morgan fingerprint density at radius 1 is 0.562 bits per heavy atom. The summed E-state index contributed by atoms with van der Waals surface area (Å²) in [5.74, 6) is 13.0. The molecule has 14 unspecified atom stereocenters. The molecule has 6 aliphatic carbocycles. The van der Waals surface area contributed by atoms with Crippen LogP contribution in [0.3, 0.4) is 0 Å². The first kappa shape index (κ1) is 57.1. The minimum atomic E-state index is -0.278. The van der Waals surface area contributed by atoms with E-state index in [-0.39, 0.29) is 70.3 Å². The largest absolute Gasteiger partial charge is 0 e. The third-order valence-corrected chi connectivity index (χ3v) is 14.5. The van der Waals surface area contributed by atoms with Crippen LogP contribution in [0, 0.1) is 121 Å². The van der Waals surface area contributed by atoms with Gasteiger partial charge in [0.15, 0.2) is 0 Å². The Kier molecular flexibility index (Phi) is 33.0. The summed E-state index contributed by atoms with van der Waals surface area (Å²) in [4.78, 5) is -0.278. The average Bonchev–Trinajstić information content (AvgIpc) is 3.63. The zero-order chi connectivity index (χ0) is 35.7. The molecular formula is C39H70I5V2Y2-4. The van der Waals surface area contributed by atoms with Gasteiger partial charge in [-0.1, -0.05) is 98.3 Å². The van der Waals surface area contributed by atoms with Gasteiger partial charge in [0.1, 0.15) is 0 Å². The molecule has 48 heavy (non-hydrogen) atoms. The van der Waals surface area contributed by atoms with Crippen molar-refractivity contribution in [3.8, 4) is 0 Å². The molecule has 0 nitrogen and oxygen atoms in total. The topological polar surface area (TPSA) is 0 Å². The van der Waals surface area contributed by atoms with Gasteiger partial charge in [-0.25, -0.2) is 0 Å². The van der Waals surface area contributed by atoms with E-state index in [0.29, 0.717) is 26.2 Å². The summed E-state index contributed by atoms with van der Waals surface area (Å²) in [6, 6.07) is 0. The van der Waals surface area contributed by atoms with E-state index in [4.69, 9.17) is 0 Å². The molecule has 0 aromatic rings. The monoisotopic (exact) mass is 1450 g/mol. The number of hydrogen-bond donors (Lipinski definition) is 0. The fourth-order valence-electron chi connectivity index (χ4n) is 11.3. The summed E-state index contributed by atoms with van der Waals surface area (Å²) in [7, 11) is 0.628. The van der Waals surface area contributed by atoms with Crippen molar-refractivity contribution in [1.29, 1.82) is 0 Å². The third-order valence-electron chi connectivity index (χ3n) is 14.5. The van der Waals surface area contributed by atoms with Crippen molar-refractivity contribution in [2.45, 2.75) is 127 Å². The van der Waals surface area contributed by atoms with Gasteiger partial charge in [0.25, 0.3) is 0 Å². The number of fused-ring (bicyclic) bond motifs is 4. The van der Waals surface area contributed by atoms with E-state index in [1.807, 2.05) is 0 Å². The van der Waals surface area contributed by atoms with Gasteiger partial charge in [-0.15, -0.1) is 0 Å². The molecule has 14 atom stereocenters. The Balaban J connectivity index is 0. The molecule has 0 bridgehead atoms. The number of halogens is 5. The Morgan fingerprint density at radius 2 is 0.833 bits per heavy atom. The maximum atomic E-state index is 4.58. The summed E-state index contributed by atoms with van der Waals surface area (Å²) in [5, 5.41) is 0. The van der Waals surface area contributed by atoms with E-state index in [2.05, 4.69) is 183 Å². The maximum Gasteiger partial charge on any atom is 0 e. The van der Waals surface area contributed by atoms with Gasteiger partial charge in [0.2, 0.25) is 0 Å². The van der Waals surface area contributed by atoms with Gasteiger partial charge >= 0.3 is 114 Å². The van der Waals surface area contributed by atoms with Gasteiger partial charge in [-0.3, -0.25) is 0 Å². The molecule has 0 aromatic carbocycles. The Hall–Kier alpha value is 7.03. The van der Waals surface area contributed by atoms with Gasteiger partial charge in [0.05, 0.1) is 0 Å². The van der Waals surface area contributed by atoms with E-state index < -0.39 is 0 Å². The zero-order valence-electron chi connectivity index (χ0n) is 32.2. The molecule has 0 amide bonds. The van der Waals surface area contributed by atoms with Crippen LogP contribution in [0.4, 0.5) is 0 Å². The van der Waals surface area contributed by atoms with Crippen LogP contribution in [0.5, 0.6) is 0 Å². The van der Waals surface area contributed by atoms with Crippen molar-refractivity contribution in [1.82, 2.24) is 0 Å². The minimum absolute atomic E-state index is 0. The number of hydrogen-bond acceptors (Lipinski definition) is 0. The van der Waals surface area contributed by atoms with Crippen molar-refractivity contribution in [3.05, 3.63) is 27.7 Å². The van der Waals surface area contributed by atoms with E-state index in [1.54, 1.807) is 20.3 Å². The molecule has 0 saturated heterocycles. The normalized spacial score (nSPS) is 41.9. The maximum absolute atomic E-state index is 4.58. The molecule has 9 heteroatoms. The predicted molar refractivity (Wildman–Crippen MR) is 244 cm³/mol. The van der Waals surface area contributed by atoms with E-state index in [0.717, 1.165) is 76.9 Å². The summed E-state index contributed by atoms with van der Waals surface area (Å²) >= 11 is 12.1. The summed E-state index contributed by atoms with van der Waals surface area (Å²) < 4.78 is 0. The Labute approximate surface area is 419 Å². The van der Waals surface area contributed by atoms with E-state index >= 15 is 0 Å². The molecule has 0 aliphatic heterocycles. The van der Waals surface area contributed by atoms with E-state index in [1.165, 1.54) is 51.4 Å². The van der Waals surface area contributed by atoms with Gasteiger partial charge in [0, 0.05) is 65.4 Å². The summed E-state index contributed by atoms with van der Waals surface area (Å²) in [6.45, 7) is 39.1. The first-order valence-corrected chi connectivity index (χ1v) is 40.8. The SMILES string of the molecule is [CH2-]C.[CH2-]C.[CH2-]C1C(C)C(C)C2CC3C(CC12)C(C)(C)CCC3(C)C.[CH2-]C1C(C)C(C)C2CC3CCCC3CC12.[I][V]([I])[I].[I][V][I].[Y].[Y].